The molecule has 4 heterocycles. The number of nitrogens with zero attached hydrogens (tertiary/aromatic N) is 3. The maximum Gasteiger partial charge on any atom is 0.258 e. The van der Waals surface area contributed by atoms with Crippen molar-refractivity contribution in [3.63, 3.8) is 0 Å². The van der Waals surface area contributed by atoms with E-state index in [4.69, 9.17) is 9.47 Å². The lowest BCUT2D eigenvalue weighted by Crippen LogP contribution is -2.39. The van der Waals surface area contributed by atoms with Crippen molar-refractivity contribution in [2.24, 2.45) is 0 Å². The van der Waals surface area contributed by atoms with E-state index < -0.39 is 0 Å². The first-order valence-corrected chi connectivity index (χ1v) is 8.07. The Balaban J connectivity index is 1.64. The summed E-state index contributed by atoms with van der Waals surface area (Å²) in [6.45, 7) is 3.79. The number of fused-ring (bicyclic) bond motifs is 1. The highest BCUT2D eigenvalue weighted by Crippen LogP contribution is 2.32. The van der Waals surface area contributed by atoms with Gasteiger partial charge in [0.05, 0.1) is 23.9 Å². The van der Waals surface area contributed by atoms with Gasteiger partial charge in [0.15, 0.2) is 5.82 Å². The number of hydrogen-bond acceptors (Lipinski definition) is 6. The van der Waals surface area contributed by atoms with Crippen LogP contribution in [-0.2, 0) is 9.47 Å². The van der Waals surface area contributed by atoms with E-state index in [1.54, 1.807) is 12.3 Å². The van der Waals surface area contributed by atoms with Gasteiger partial charge in [0, 0.05) is 32.5 Å². The number of anilines is 1. The quantitative estimate of drug-likeness (QED) is 0.848. The zero-order valence-electron chi connectivity index (χ0n) is 13.0. The van der Waals surface area contributed by atoms with Gasteiger partial charge in [-0.3, -0.25) is 4.79 Å². The molecule has 0 aliphatic carbocycles. The number of H-pyrrole nitrogens is 1. The van der Waals surface area contributed by atoms with Crippen molar-refractivity contribution in [3.8, 4) is 0 Å². The summed E-state index contributed by atoms with van der Waals surface area (Å²) < 4.78 is 11.6. The van der Waals surface area contributed by atoms with Crippen LogP contribution < -0.4 is 10.5 Å². The summed E-state index contributed by atoms with van der Waals surface area (Å²) in [7, 11) is 0. The third-order valence-corrected chi connectivity index (χ3v) is 4.85. The maximum atomic E-state index is 11.9. The molecule has 23 heavy (non-hydrogen) atoms. The van der Waals surface area contributed by atoms with E-state index in [2.05, 4.69) is 19.9 Å². The molecular formula is C16H20N4O3. The Hall–Kier alpha value is -1.99. The molecule has 0 amide bonds. The molecule has 0 aromatic carbocycles. The molecule has 2 aromatic heterocycles. The normalized spacial score (nSPS) is 21.5. The molecular weight excluding hydrogens is 296 g/mol. The van der Waals surface area contributed by atoms with Crippen LogP contribution in [0.3, 0.4) is 0 Å². The van der Waals surface area contributed by atoms with Crippen molar-refractivity contribution in [1.29, 1.82) is 0 Å². The van der Waals surface area contributed by atoms with Crippen LogP contribution in [0.5, 0.6) is 0 Å². The van der Waals surface area contributed by atoms with Gasteiger partial charge in [-0.25, -0.2) is 9.97 Å². The predicted octanol–water partition coefficient (Wildman–Crippen LogP) is 1.09. The van der Waals surface area contributed by atoms with E-state index in [1.165, 1.54) is 6.33 Å². The first-order valence-electron chi connectivity index (χ1n) is 8.07. The summed E-state index contributed by atoms with van der Waals surface area (Å²) in [5.74, 6) is 0.765. The number of aromatic nitrogens is 3. The van der Waals surface area contributed by atoms with Crippen molar-refractivity contribution in [3.05, 3.63) is 28.9 Å². The van der Waals surface area contributed by atoms with Crippen molar-refractivity contribution in [2.45, 2.75) is 24.9 Å². The fourth-order valence-corrected chi connectivity index (χ4v) is 3.46. The lowest BCUT2D eigenvalue weighted by Gasteiger charge is -2.35. The number of hydrogen-bond donors (Lipinski definition) is 1. The number of nitrogens with one attached hydrogen (secondary N) is 1. The number of aromatic amines is 1. The molecule has 2 aliphatic rings. The molecule has 1 spiro atoms. The third kappa shape index (κ3) is 2.70. The molecule has 0 bridgehead atoms. The molecule has 4 rings (SSSR count). The minimum Gasteiger partial charge on any atom is -0.381 e. The van der Waals surface area contributed by atoms with Crippen molar-refractivity contribution >= 4 is 16.7 Å². The van der Waals surface area contributed by atoms with E-state index >= 15 is 0 Å². The molecule has 7 nitrogen and oxygen atoms in total. The molecule has 2 aliphatic heterocycles. The zero-order chi connectivity index (χ0) is 15.7. The summed E-state index contributed by atoms with van der Waals surface area (Å²) in [5.41, 5.74) is 0.451. The topological polar surface area (TPSA) is 80.3 Å². The van der Waals surface area contributed by atoms with E-state index in [0.29, 0.717) is 17.5 Å². The van der Waals surface area contributed by atoms with E-state index in [1.807, 2.05) is 0 Å². The Bertz CT molecular complexity index is 754. The molecule has 2 aromatic rings. The monoisotopic (exact) mass is 316 g/mol. The van der Waals surface area contributed by atoms with Crippen LogP contribution in [0.4, 0.5) is 5.82 Å². The van der Waals surface area contributed by atoms with E-state index in [-0.39, 0.29) is 11.2 Å². The molecule has 122 valence electrons. The summed E-state index contributed by atoms with van der Waals surface area (Å²) in [5, 5.41) is 0.573. The summed E-state index contributed by atoms with van der Waals surface area (Å²) >= 11 is 0. The smallest absolute Gasteiger partial charge is 0.258 e. The van der Waals surface area contributed by atoms with Gasteiger partial charge in [0.2, 0.25) is 0 Å². The first-order chi connectivity index (χ1) is 11.3. The lowest BCUT2D eigenvalue weighted by molar-refractivity contribution is -0.105. The van der Waals surface area contributed by atoms with Crippen LogP contribution >= 0.6 is 0 Å². The second-order valence-electron chi connectivity index (χ2n) is 6.14. The van der Waals surface area contributed by atoms with Crippen LogP contribution in [0, 0.1) is 0 Å². The molecule has 1 N–H and O–H groups in total. The SMILES string of the molecule is O=c1[nH]cnc2c(N3CCOC4(CCOCC4)CC3)nccc12. The first kappa shape index (κ1) is 14.6. The number of pyridine rings is 1. The van der Waals surface area contributed by atoms with Crippen LogP contribution in [-0.4, -0.2) is 53.5 Å². The van der Waals surface area contributed by atoms with Crippen molar-refractivity contribution in [2.75, 3.05) is 37.8 Å². The number of ether oxygens (including phenoxy) is 2. The second-order valence-corrected chi connectivity index (χ2v) is 6.14. The van der Waals surface area contributed by atoms with E-state index in [0.717, 1.165) is 51.4 Å². The van der Waals surface area contributed by atoms with Crippen LogP contribution in [0.2, 0.25) is 0 Å². The summed E-state index contributed by atoms with van der Waals surface area (Å²) in [4.78, 5) is 25.5. The van der Waals surface area contributed by atoms with Gasteiger partial charge in [0.25, 0.3) is 5.56 Å². The molecule has 2 saturated heterocycles. The van der Waals surface area contributed by atoms with Crippen LogP contribution in [0.1, 0.15) is 19.3 Å². The van der Waals surface area contributed by atoms with Crippen LogP contribution in [0.15, 0.2) is 23.4 Å². The Kier molecular flexibility index (Phi) is 3.74. The highest BCUT2D eigenvalue weighted by molar-refractivity contribution is 5.87. The zero-order valence-corrected chi connectivity index (χ0v) is 13.0. The molecule has 0 atom stereocenters. The van der Waals surface area contributed by atoms with Gasteiger partial charge in [-0.15, -0.1) is 0 Å². The third-order valence-electron chi connectivity index (χ3n) is 4.85. The predicted molar refractivity (Wildman–Crippen MR) is 85.7 cm³/mol. The average Bonchev–Trinajstić information content (AvgIpc) is 2.78. The molecule has 0 unspecified atom stereocenters. The van der Waals surface area contributed by atoms with Gasteiger partial charge >= 0.3 is 0 Å². The van der Waals surface area contributed by atoms with Crippen molar-refractivity contribution < 1.29 is 9.47 Å². The Morgan fingerprint density at radius 2 is 2.00 bits per heavy atom. The lowest BCUT2D eigenvalue weighted by atomic mass is 9.90. The Labute approximate surface area is 133 Å². The van der Waals surface area contributed by atoms with Crippen LogP contribution in [0.25, 0.3) is 10.9 Å². The van der Waals surface area contributed by atoms with Gasteiger partial charge < -0.3 is 19.4 Å². The Morgan fingerprint density at radius 3 is 2.87 bits per heavy atom. The minimum absolute atomic E-state index is 0.0670. The molecule has 0 saturated carbocycles. The average molecular weight is 316 g/mol. The summed E-state index contributed by atoms with van der Waals surface area (Å²) in [6, 6.07) is 1.71. The molecule has 7 heteroatoms. The van der Waals surface area contributed by atoms with Gasteiger partial charge in [-0.1, -0.05) is 0 Å². The van der Waals surface area contributed by atoms with Gasteiger partial charge in [-0.2, -0.15) is 0 Å². The molecule has 0 radical (unpaired) electrons. The highest BCUT2D eigenvalue weighted by Gasteiger charge is 2.36. The van der Waals surface area contributed by atoms with Crippen molar-refractivity contribution in [1.82, 2.24) is 15.0 Å². The maximum absolute atomic E-state index is 11.9. The standard InChI is InChI=1S/C16H20N4O3/c21-15-12-1-5-17-14(13(12)18-11-19-15)20-6-2-16(23-10-7-20)3-8-22-9-4-16/h1,5,11H,2-4,6-10H2,(H,18,19,21). The van der Waals surface area contributed by atoms with Gasteiger partial charge in [0.1, 0.15) is 5.52 Å². The second kappa shape index (κ2) is 5.90. The Morgan fingerprint density at radius 1 is 1.13 bits per heavy atom. The molecule has 2 fully saturated rings. The minimum atomic E-state index is -0.134. The summed E-state index contributed by atoms with van der Waals surface area (Å²) in [6.07, 6.45) is 5.94. The fraction of sp³-hybridized carbons (Fsp3) is 0.562. The van der Waals surface area contributed by atoms with Gasteiger partial charge in [-0.05, 0) is 25.3 Å². The van der Waals surface area contributed by atoms with E-state index in [9.17, 15) is 4.79 Å². The number of rotatable bonds is 1. The highest BCUT2D eigenvalue weighted by atomic mass is 16.5. The largest absolute Gasteiger partial charge is 0.381 e. The fourth-order valence-electron chi connectivity index (χ4n) is 3.46.